The Kier molecular flexibility index (Phi) is 4.07. The molecule has 0 spiro atoms. The lowest BCUT2D eigenvalue weighted by Crippen LogP contribution is -2.43. The van der Waals surface area contributed by atoms with Crippen molar-refractivity contribution < 1.29 is 0 Å². The first-order chi connectivity index (χ1) is 8.47. The van der Waals surface area contributed by atoms with Crippen molar-refractivity contribution in [2.24, 2.45) is 0 Å². The zero-order valence-corrected chi connectivity index (χ0v) is 12.1. The molecular weight excluding hydrogens is 224 g/mol. The van der Waals surface area contributed by atoms with Gasteiger partial charge in [-0.2, -0.15) is 5.10 Å². The van der Waals surface area contributed by atoms with Crippen LogP contribution in [0.15, 0.2) is 6.07 Å². The first-order valence-electron chi connectivity index (χ1n) is 6.92. The Morgan fingerprint density at radius 3 is 2.78 bits per heavy atom. The summed E-state index contributed by atoms with van der Waals surface area (Å²) < 4.78 is 0. The summed E-state index contributed by atoms with van der Waals surface area (Å²) in [7, 11) is 2.20. The van der Waals surface area contributed by atoms with Crippen molar-refractivity contribution in [3.63, 3.8) is 0 Å². The number of aromatic amines is 1. The fourth-order valence-corrected chi connectivity index (χ4v) is 2.43. The van der Waals surface area contributed by atoms with Crippen LogP contribution in [0.1, 0.15) is 45.0 Å². The Balaban J connectivity index is 1.94. The molecule has 2 rings (SSSR count). The van der Waals surface area contributed by atoms with Gasteiger partial charge in [0.25, 0.3) is 0 Å². The van der Waals surface area contributed by atoms with E-state index in [1.165, 1.54) is 25.1 Å². The zero-order valence-electron chi connectivity index (χ0n) is 12.1. The summed E-state index contributed by atoms with van der Waals surface area (Å²) >= 11 is 0. The fraction of sp³-hybridized carbons (Fsp3) is 0.786. The summed E-state index contributed by atoms with van der Waals surface area (Å²) in [5.74, 6) is 0. The van der Waals surface area contributed by atoms with E-state index >= 15 is 0 Å². The SMILES string of the molecule is CN(Cc1cc(C(C)(C)C)n[nH]1)C1CCCNC1. The number of likely N-dealkylation sites (N-methyl/N-ethyl adjacent to an activating group) is 1. The maximum atomic E-state index is 4.42. The molecule has 0 amide bonds. The summed E-state index contributed by atoms with van der Waals surface area (Å²) in [5, 5.41) is 11.1. The second-order valence-corrected chi connectivity index (χ2v) is 6.44. The van der Waals surface area contributed by atoms with E-state index in [0.29, 0.717) is 6.04 Å². The lowest BCUT2D eigenvalue weighted by atomic mass is 9.92. The van der Waals surface area contributed by atoms with E-state index in [2.05, 4.69) is 54.3 Å². The Labute approximate surface area is 110 Å². The topological polar surface area (TPSA) is 44.0 Å². The van der Waals surface area contributed by atoms with Gasteiger partial charge in [-0.15, -0.1) is 0 Å². The number of hydrogen-bond donors (Lipinski definition) is 2. The quantitative estimate of drug-likeness (QED) is 0.861. The number of nitrogens with one attached hydrogen (secondary N) is 2. The number of nitrogens with zero attached hydrogens (tertiary/aromatic N) is 2. The van der Waals surface area contributed by atoms with Gasteiger partial charge in [-0.1, -0.05) is 20.8 Å². The highest BCUT2D eigenvalue weighted by Gasteiger charge is 2.20. The van der Waals surface area contributed by atoms with Crippen LogP contribution in [0.4, 0.5) is 0 Å². The van der Waals surface area contributed by atoms with Gasteiger partial charge in [0.2, 0.25) is 0 Å². The van der Waals surface area contributed by atoms with Gasteiger partial charge in [0.15, 0.2) is 0 Å². The summed E-state index contributed by atoms with van der Waals surface area (Å²) in [6.45, 7) is 9.82. The van der Waals surface area contributed by atoms with Crippen LogP contribution in [0.2, 0.25) is 0 Å². The van der Waals surface area contributed by atoms with E-state index in [0.717, 1.165) is 18.8 Å². The molecule has 0 bridgehead atoms. The van der Waals surface area contributed by atoms with Gasteiger partial charge < -0.3 is 5.32 Å². The summed E-state index contributed by atoms with van der Waals surface area (Å²) in [4.78, 5) is 2.42. The molecule has 0 aromatic carbocycles. The zero-order chi connectivity index (χ0) is 13.2. The van der Waals surface area contributed by atoms with Crippen molar-refractivity contribution in [2.75, 3.05) is 20.1 Å². The van der Waals surface area contributed by atoms with Gasteiger partial charge in [0, 0.05) is 30.2 Å². The third-order valence-corrected chi connectivity index (χ3v) is 3.71. The monoisotopic (exact) mass is 250 g/mol. The van der Waals surface area contributed by atoms with Crippen molar-refractivity contribution in [3.8, 4) is 0 Å². The van der Waals surface area contributed by atoms with Crippen molar-refractivity contribution in [1.29, 1.82) is 0 Å². The highest BCUT2D eigenvalue weighted by Crippen LogP contribution is 2.21. The van der Waals surface area contributed by atoms with Crippen LogP contribution in [0.25, 0.3) is 0 Å². The molecule has 1 saturated heterocycles. The lowest BCUT2D eigenvalue weighted by Gasteiger charge is -2.31. The molecule has 102 valence electrons. The third-order valence-electron chi connectivity index (χ3n) is 3.71. The number of H-pyrrole nitrogens is 1. The highest BCUT2D eigenvalue weighted by atomic mass is 15.2. The molecule has 2 N–H and O–H groups in total. The van der Waals surface area contributed by atoms with Crippen molar-refractivity contribution >= 4 is 0 Å². The second-order valence-electron chi connectivity index (χ2n) is 6.44. The van der Waals surface area contributed by atoms with E-state index in [1.807, 2.05) is 0 Å². The molecule has 0 saturated carbocycles. The minimum atomic E-state index is 0.125. The van der Waals surface area contributed by atoms with E-state index < -0.39 is 0 Å². The predicted molar refractivity (Wildman–Crippen MR) is 74.6 cm³/mol. The van der Waals surface area contributed by atoms with E-state index in [-0.39, 0.29) is 5.41 Å². The first kappa shape index (κ1) is 13.6. The lowest BCUT2D eigenvalue weighted by molar-refractivity contribution is 0.194. The molecule has 4 heteroatoms. The molecule has 1 aromatic heterocycles. The van der Waals surface area contributed by atoms with Crippen LogP contribution in [-0.4, -0.2) is 41.3 Å². The highest BCUT2D eigenvalue weighted by molar-refractivity contribution is 5.16. The van der Waals surface area contributed by atoms with Gasteiger partial charge in [0.1, 0.15) is 0 Å². The molecule has 1 unspecified atom stereocenters. The molecule has 1 aliphatic heterocycles. The molecule has 18 heavy (non-hydrogen) atoms. The van der Waals surface area contributed by atoms with Gasteiger partial charge in [-0.05, 0) is 32.5 Å². The maximum Gasteiger partial charge on any atom is 0.0678 e. The molecule has 4 nitrogen and oxygen atoms in total. The fourth-order valence-electron chi connectivity index (χ4n) is 2.43. The van der Waals surface area contributed by atoms with Crippen LogP contribution in [0, 0.1) is 0 Å². The van der Waals surface area contributed by atoms with Crippen LogP contribution >= 0.6 is 0 Å². The third kappa shape index (κ3) is 3.33. The molecular formula is C14H26N4. The Morgan fingerprint density at radius 2 is 2.22 bits per heavy atom. The standard InChI is InChI=1S/C14H26N4/c1-14(2,3)13-8-11(16-17-13)10-18(4)12-6-5-7-15-9-12/h8,12,15H,5-7,9-10H2,1-4H3,(H,16,17). The number of rotatable bonds is 3. The normalized spacial score (nSPS) is 21.5. The minimum Gasteiger partial charge on any atom is -0.315 e. The number of aromatic nitrogens is 2. The van der Waals surface area contributed by atoms with E-state index in [1.54, 1.807) is 0 Å². The van der Waals surface area contributed by atoms with Crippen LogP contribution in [0.5, 0.6) is 0 Å². The molecule has 0 aliphatic carbocycles. The van der Waals surface area contributed by atoms with Crippen molar-refractivity contribution in [2.45, 2.75) is 51.6 Å². The van der Waals surface area contributed by atoms with Gasteiger partial charge in [-0.3, -0.25) is 10.00 Å². The Morgan fingerprint density at radius 1 is 1.44 bits per heavy atom. The summed E-state index contributed by atoms with van der Waals surface area (Å²) in [6, 6.07) is 2.85. The predicted octanol–water partition coefficient (Wildman–Crippen LogP) is 1.89. The molecule has 1 aromatic rings. The number of hydrogen-bond acceptors (Lipinski definition) is 3. The summed E-state index contributed by atoms with van der Waals surface area (Å²) in [6.07, 6.45) is 2.58. The minimum absolute atomic E-state index is 0.125. The molecule has 1 aliphatic rings. The molecule has 2 heterocycles. The van der Waals surface area contributed by atoms with Gasteiger partial charge in [-0.25, -0.2) is 0 Å². The molecule has 1 atom stereocenters. The summed E-state index contributed by atoms with van der Waals surface area (Å²) in [5.41, 5.74) is 2.49. The average molecular weight is 250 g/mol. The second kappa shape index (κ2) is 5.41. The van der Waals surface area contributed by atoms with E-state index in [4.69, 9.17) is 0 Å². The molecule has 0 radical (unpaired) electrons. The Hall–Kier alpha value is -0.870. The first-order valence-corrected chi connectivity index (χ1v) is 6.92. The largest absolute Gasteiger partial charge is 0.315 e. The van der Waals surface area contributed by atoms with Crippen LogP contribution < -0.4 is 5.32 Å². The van der Waals surface area contributed by atoms with Crippen molar-refractivity contribution in [1.82, 2.24) is 20.4 Å². The van der Waals surface area contributed by atoms with Crippen LogP contribution in [-0.2, 0) is 12.0 Å². The van der Waals surface area contributed by atoms with E-state index in [9.17, 15) is 0 Å². The van der Waals surface area contributed by atoms with Crippen LogP contribution in [0.3, 0.4) is 0 Å². The average Bonchev–Trinajstić information content (AvgIpc) is 2.78. The van der Waals surface area contributed by atoms with Gasteiger partial charge in [0.05, 0.1) is 5.69 Å². The van der Waals surface area contributed by atoms with Crippen molar-refractivity contribution in [3.05, 3.63) is 17.5 Å². The maximum absolute atomic E-state index is 4.42. The molecule has 1 fully saturated rings. The smallest absolute Gasteiger partial charge is 0.0678 e. The number of piperidine rings is 1. The Bertz CT molecular complexity index is 371. The van der Waals surface area contributed by atoms with Gasteiger partial charge >= 0.3 is 0 Å².